The van der Waals surface area contributed by atoms with Crippen LogP contribution in [0.25, 0.3) is 21.8 Å². The summed E-state index contributed by atoms with van der Waals surface area (Å²) in [4.78, 5) is 41.7. The minimum Gasteiger partial charge on any atom is -0.466 e. The van der Waals surface area contributed by atoms with E-state index in [4.69, 9.17) is 14.5 Å². The maximum Gasteiger partial charge on any atom is 0.336 e. The summed E-state index contributed by atoms with van der Waals surface area (Å²) in [6.07, 6.45) is 0. The third-order valence-corrected chi connectivity index (χ3v) is 6.93. The van der Waals surface area contributed by atoms with Crippen molar-refractivity contribution in [1.82, 2.24) is 10.3 Å². The number of aromatic nitrogens is 1. The Hall–Kier alpha value is -4.24. The first kappa shape index (κ1) is 25.8. The highest BCUT2D eigenvalue weighted by Crippen LogP contribution is 2.40. The van der Waals surface area contributed by atoms with E-state index in [9.17, 15) is 14.4 Å². The summed E-state index contributed by atoms with van der Waals surface area (Å²) < 4.78 is 10.1. The Morgan fingerprint density at radius 1 is 0.919 bits per heavy atom. The molecular weight excluding hydrogens is 490 g/mol. The van der Waals surface area contributed by atoms with Crippen molar-refractivity contribution in [2.24, 2.45) is 0 Å². The fourth-order valence-electron chi connectivity index (χ4n) is 4.41. The first-order valence-corrected chi connectivity index (χ1v) is 12.4. The van der Waals surface area contributed by atoms with Gasteiger partial charge in [0, 0.05) is 40.5 Å². The number of rotatable bonds is 6. The number of ether oxygens (including phenoxy) is 2. The van der Waals surface area contributed by atoms with Crippen LogP contribution in [-0.4, -0.2) is 37.0 Å². The Kier molecular flexibility index (Phi) is 7.54. The number of esters is 2. The van der Waals surface area contributed by atoms with Gasteiger partial charge in [0.25, 0.3) is 0 Å². The molecular formula is C28H27N3O5S. The SMILES string of the molecule is COC(=O)C1=C(C)NC(C)=C(C(=O)OC)C1c1cccc(-c2nc(-c3ccc(NC(C)=O)cc3)cs2)c1. The molecule has 0 aliphatic carbocycles. The van der Waals surface area contributed by atoms with Crippen LogP contribution >= 0.6 is 11.3 Å². The lowest BCUT2D eigenvalue weighted by Gasteiger charge is -2.30. The van der Waals surface area contributed by atoms with E-state index in [1.807, 2.05) is 53.9 Å². The van der Waals surface area contributed by atoms with Crippen LogP contribution < -0.4 is 10.6 Å². The van der Waals surface area contributed by atoms with Gasteiger partial charge in [0.1, 0.15) is 5.01 Å². The van der Waals surface area contributed by atoms with Crippen LogP contribution in [0.1, 0.15) is 32.3 Å². The molecule has 0 radical (unpaired) electrons. The van der Waals surface area contributed by atoms with Gasteiger partial charge in [0.05, 0.1) is 37.0 Å². The van der Waals surface area contributed by atoms with Gasteiger partial charge in [-0.3, -0.25) is 4.79 Å². The lowest BCUT2D eigenvalue weighted by atomic mass is 9.80. The first-order chi connectivity index (χ1) is 17.7. The molecule has 37 heavy (non-hydrogen) atoms. The van der Waals surface area contributed by atoms with E-state index in [0.717, 1.165) is 33.1 Å². The lowest BCUT2D eigenvalue weighted by Crippen LogP contribution is -2.32. The van der Waals surface area contributed by atoms with E-state index < -0.39 is 17.9 Å². The Labute approximate surface area is 219 Å². The number of carbonyl (C=O) groups excluding carboxylic acids is 3. The minimum absolute atomic E-state index is 0.127. The molecule has 2 heterocycles. The summed E-state index contributed by atoms with van der Waals surface area (Å²) in [6, 6.07) is 15.1. The number of dihydropyridines is 1. The number of carbonyl (C=O) groups is 3. The van der Waals surface area contributed by atoms with Crippen molar-refractivity contribution in [2.75, 3.05) is 19.5 Å². The minimum atomic E-state index is -0.665. The molecule has 3 aromatic rings. The summed E-state index contributed by atoms with van der Waals surface area (Å²) in [7, 11) is 2.64. The van der Waals surface area contributed by atoms with Crippen LogP contribution in [0.4, 0.5) is 5.69 Å². The van der Waals surface area contributed by atoms with Crippen molar-refractivity contribution < 1.29 is 23.9 Å². The predicted octanol–water partition coefficient (Wildman–Crippen LogP) is 5.02. The Bertz CT molecular complexity index is 1400. The van der Waals surface area contributed by atoms with E-state index in [-0.39, 0.29) is 5.91 Å². The van der Waals surface area contributed by atoms with Gasteiger partial charge in [-0.1, -0.05) is 30.3 Å². The number of nitrogens with zero attached hydrogens (tertiary/aromatic N) is 1. The zero-order valence-electron chi connectivity index (χ0n) is 21.2. The number of amides is 1. The van der Waals surface area contributed by atoms with Gasteiger partial charge in [0.15, 0.2) is 0 Å². The molecule has 2 N–H and O–H groups in total. The molecule has 0 bridgehead atoms. The van der Waals surface area contributed by atoms with Crippen LogP contribution in [0.3, 0.4) is 0 Å². The van der Waals surface area contributed by atoms with Gasteiger partial charge in [-0.05, 0) is 37.6 Å². The van der Waals surface area contributed by atoms with Crippen LogP contribution in [0.15, 0.2) is 76.5 Å². The largest absolute Gasteiger partial charge is 0.466 e. The summed E-state index contributed by atoms with van der Waals surface area (Å²) >= 11 is 1.49. The van der Waals surface area contributed by atoms with E-state index in [0.29, 0.717) is 22.5 Å². The second kappa shape index (κ2) is 10.8. The van der Waals surface area contributed by atoms with E-state index in [1.54, 1.807) is 13.8 Å². The van der Waals surface area contributed by atoms with Crippen molar-refractivity contribution in [3.63, 3.8) is 0 Å². The van der Waals surface area contributed by atoms with Gasteiger partial charge in [-0.15, -0.1) is 11.3 Å². The van der Waals surface area contributed by atoms with Crippen molar-refractivity contribution >= 4 is 34.9 Å². The quantitative estimate of drug-likeness (QED) is 0.442. The molecule has 1 aromatic heterocycles. The smallest absolute Gasteiger partial charge is 0.336 e. The average molecular weight is 518 g/mol. The molecule has 2 aromatic carbocycles. The number of nitrogens with one attached hydrogen (secondary N) is 2. The predicted molar refractivity (Wildman–Crippen MR) is 143 cm³/mol. The zero-order valence-corrected chi connectivity index (χ0v) is 22.0. The molecule has 0 saturated carbocycles. The summed E-state index contributed by atoms with van der Waals surface area (Å²) in [5.41, 5.74) is 5.98. The van der Waals surface area contributed by atoms with E-state index in [2.05, 4.69) is 10.6 Å². The molecule has 190 valence electrons. The standard InChI is InChI=1S/C28H27N3O5S/c1-15-23(27(33)35-4)25(24(16(2)29-15)28(34)36-5)19-7-6-8-20(13-19)26-31-22(14-37-26)18-9-11-21(12-10-18)30-17(3)32/h6-14,25,29H,1-5H3,(H,30,32). The number of hydrogen-bond acceptors (Lipinski definition) is 8. The molecule has 0 fully saturated rings. The van der Waals surface area contributed by atoms with Crippen LogP contribution in [-0.2, 0) is 23.9 Å². The molecule has 4 rings (SSSR count). The molecule has 1 aliphatic heterocycles. The summed E-state index contributed by atoms with van der Waals surface area (Å²) in [5.74, 6) is -1.83. The normalized spacial score (nSPS) is 13.8. The zero-order chi connectivity index (χ0) is 26.7. The summed E-state index contributed by atoms with van der Waals surface area (Å²) in [6.45, 7) is 5.03. The maximum absolute atomic E-state index is 12.8. The molecule has 1 amide bonds. The Balaban J connectivity index is 1.73. The third-order valence-electron chi connectivity index (χ3n) is 6.04. The third kappa shape index (κ3) is 5.31. The number of methoxy groups -OCH3 is 2. The molecule has 0 atom stereocenters. The Morgan fingerprint density at radius 2 is 1.54 bits per heavy atom. The molecule has 0 spiro atoms. The van der Waals surface area contributed by atoms with Gasteiger partial charge >= 0.3 is 11.9 Å². The number of allylic oxidation sites excluding steroid dienone is 2. The number of anilines is 1. The molecule has 1 aliphatic rings. The molecule has 9 heteroatoms. The topological polar surface area (TPSA) is 107 Å². The van der Waals surface area contributed by atoms with Crippen LogP contribution in [0.2, 0.25) is 0 Å². The fraction of sp³-hybridized carbons (Fsp3) is 0.214. The van der Waals surface area contributed by atoms with Crippen LogP contribution in [0, 0.1) is 0 Å². The fourth-order valence-corrected chi connectivity index (χ4v) is 5.23. The number of thiazole rings is 1. The van der Waals surface area contributed by atoms with Gasteiger partial charge < -0.3 is 20.1 Å². The van der Waals surface area contributed by atoms with Crippen molar-refractivity contribution in [3.05, 3.63) is 82.0 Å². The van der Waals surface area contributed by atoms with E-state index in [1.165, 1.54) is 32.5 Å². The monoisotopic (exact) mass is 517 g/mol. The average Bonchev–Trinajstić information content (AvgIpc) is 3.38. The van der Waals surface area contributed by atoms with Gasteiger partial charge in [0.2, 0.25) is 5.91 Å². The number of hydrogen-bond donors (Lipinski definition) is 2. The second-order valence-corrected chi connectivity index (χ2v) is 9.40. The highest BCUT2D eigenvalue weighted by Gasteiger charge is 2.37. The highest BCUT2D eigenvalue weighted by atomic mass is 32.1. The number of benzene rings is 2. The molecule has 8 nitrogen and oxygen atoms in total. The van der Waals surface area contributed by atoms with Crippen LogP contribution in [0.5, 0.6) is 0 Å². The Morgan fingerprint density at radius 3 is 2.11 bits per heavy atom. The first-order valence-electron chi connectivity index (χ1n) is 11.5. The molecule has 0 saturated heterocycles. The van der Waals surface area contributed by atoms with Crippen molar-refractivity contribution in [2.45, 2.75) is 26.7 Å². The highest BCUT2D eigenvalue weighted by molar-refractivity contribution is 7.13. The second-order valence-electron chi connectivity index (χ2n) is 8.54. The van der Waals surface area contributed by atoms with Gasteiger partial charge in [-0.2, -0.15) is 0 Å². The van der Waals surface area contributed by atoms with Crippen molar-refractivity contribution in [1.29, 1.82) is 0 Å². The molecule has 0 unspecified atom stereocenters. The van der Waals surface area contributed by atoms with Crippen molar-refractivity contribution in [3.8, 4) is 21.8 Å². The lowest BCUT2D eigenvalue weighted by molar-refractivity contribution is -0.137. The van der Waals surface area contributed by atoms with E-state index >= 15 is 0 Å². The maximum atomic E-state index is 12.8. The summed E-state index contributed by atoms with van der Waals surface area (Å²) in [5, 5.41) is 8.63. The van der Waals surface area contributed by atoms with Gasteiger partial charge in [-0.25, -0.2) is 14.6 Å².